The van der Waals surface area contributed by atoms with Gasteiger partial charge in [-0.2, -0.15) is 8.75 Å². The number of aromatic nitrogens is 2. The van der Waals surface area contributed by atoms with Crippen molar-refractivity contribution in [2.24, 2.45) is 0 Å². The monoisotopic (exact) mass is 1100 g/mol. The van der Waals surface area contributed by atoms with Crippen LogP contribution in [-0.2, 0) is 23.7 Å². The van der Waals surface area contributed by atoms with Crippen molar-refractivity contribution in [1.29, 1.82) is 0 Å². The van der Waals surface area contributed by atoms with Gasteiger partial charge in [-0.15, -0.1) is 34.0 Å². The van der Waals surface area contributed by atoms with Crippen molar-refractivity contribution in [2.75, 3.05) is 6.54 Å². The van der Waals surface area contributed by atoms with Crippen molar-refractivity contribution in [3.05, 3.63) is 56.3 Å². The minimum Gasteiger partial charge on any atom is -0.274 e. The second kappa shape index (κ2) is 31.8. The van der Waals surface area contributed by atoms with Gasteiger partial charge in [-0.05, 0) is 91.2 Å². The number of unbranched alkanes of at least 4 members (excludes halogenated alkanes) is 27. The maximum absolute atomic E-state index is 15.2. The molecule has 5 heterocycles. The van der Waals surface area contributed by atoms with Crippen LogP contribution in [0.4, 0.5) is 0 Å². The largest absolute Gasteiger partial charge is 0.274 e. The normalized spacial score (nSPS) is 13.2. The summed E-state index contributed by atoms with van der Waals surface area (Å²) >= 11 is 6.80. The fraction of sp³-hybridized carbons (Fsp3) is 0.697. The Kier molecular flexibility index (Phi) is 26.0. The van der Waals surface area contributed by atoms with Crippen molar-refractivity contribution in [1.82, 2.24) is 13.6 Å². The fourth-order valence-corrected chi connectivity index (χ4v) is 15.9. The lowest BCUT2D eigenvalue weighted by Gasteiger charge is -2.24. The molecular formula is C66H101N3O2S4. The first-order valence-corrected chi connectivity index (χ1v) is 34.2. The van der Waals surface area contributed by atoms with Crippen LogP contribution in [0, 0.1) is 0 Å². The summed E-state index contributed by atoms with van der Waals surface area (Å²) in [6, 6.07) is 8.94. The lowest BCUT2D eigenvalue weighted by Crippen LogP contribution is -2.30. The highest BCUT2D eigenvalue weighted by atomic mass is 32.1. The molecule has 5 nitrogen and oxygen atoms in total. The molecule has 0 aliphatic carbocycles. The molecule has 1 aliphatic heterocycles. The average Bonchev–Trinajstić information content (AvgIpc) is 4.31. The number of rotatable bonds is 40. The zero-order chi connectivity index (χ0) is 53.6. The van der Waals surface area contributed by atoms with Crippen molar-refractivity contribution >= 4 is 68.6 Å². The van der Waals surface area contributed by atoms with Gasteiger partial charge in [-0.3, -0.25) is 14.5 Å². The molecule has 0 fully saturated rings. The van der Waals surface area contributed by atoms with Crippen LogP contribution in [0.15, 0.2) is 24.3 Å². The Balaban J connectivity index is 1.33. The molecule has 0 N–H and O–H groups in total. The van der Waals surface area contributed by atoms with Crippen LogP contribution in [0.5, 0.6) is 0 Å². The van der Waals surface area contributed by atoms with E-state index in [0.717, 1.165) is 76.9 Å². The molecule has 416 valence electrons. The van der Waals surface area contributed by atoms with Crippen LogP contribution in [0.1, 0.15) is 309 Å². The molecule has 6 rings (SSSR count). The van der Waals surface area contributed by atoms with Crippen molar-refractivity contribution in [2.45, 2.75) is 291 Å². The molecule has 0 bridgehead atoms. The van der Waals surface area contributed by atoms with Gasteiger partial charge in [-0.25, -0.2) is 0 Å². The van der Waals surface area contributed by atoms with E-state index in [1.807, 2.05) is 0 Å². The van der Waals surface area contributed by atoms with Crippen LogP contribution in [0.2, 0.25) is 0 Å². The predicted octanol–water partition coefficient (Wildman–Crippen LogP) is 22.7. The topological polar surface area (TPSA) is 63.2 Å². The molecule has 1 aliphatic rings. The van der Waals surface area contributed by atoms with Gasteiger partial charge < -0.3 is 0 Å². The van der Waals surface area contributed by atoms with E-state index >= 15 is 9.59 Å². The summed E-state index contributed by atoms with van der Waals surface area (Å²) in [4.78, 5) is 39.3. The maximum Gasteiger partial charge on any atom is 0.262 e. The Morgan fingerprint density at radius 3 is 1.25 bits per heavy atom. The van der Waals surface area contributed by atoms with Crippen molar-refractivity contribution in [3.63, 3.8) is 0 Å². The van der Waals surface area contributed by atoms with Crippen molar-refractivity contribution in [3.8, 4) is 30.6 Å². The molecular weight excluding hydrogens is 995 g/mol. The first kappa shape index (κ1) is 61.5. The van der Waals surface area contributed by atoms with E-state index in [4.69, 9.17) is 8.75 Å². The van der Waals surface area contributed by atoms with E-state index in [1.165, 1.54) is 200 Å². The SMILES string of the molecule is CCCCCCCCCCCCc1c(-c2ccc(-c3c4c(c(-c5ccc(C(C)(C)CC)s5)c5nsnc35)C(=O)N(CCCCCCCCCCCC)C4=O)s2)sc(C(C)(C)CC)c1CCCCCCCCCCCC. The van der Waals surface area contributed by atoms with E-state index in [2.05, 4.69) is 97.9 Å². The molecule has 9 heteroatoms. The van der Waals surface area contributed by atoms with Crippen molar-refractivity contribution < 1.29 is 9.59 Å². The Bertz CT molecular complexity index is 2480. The molecule has 5 aromatic rings. The molecule has 4 aromatic heterocycles. The number of amides is 2. The number of carbonyl (C=O) groups is 2. The molecule has 0 saturated carbocycles. The van der Waals surface area contributed by atoms with Gasteiger partial charge in [0.15, 0.2) is 0 Å². The summed E-state index contributed by atoms with van der Waals surface area (Å²) in [5.41, 5.74) is 7.45. The average molecular weight is 1100 g/mol. The highest BCUT2D eigenvalue weighted by Crippen LogP contribution is 2.52. The van der Waals surface area contributed by atoms with Crippen LogP contribution >= 0.6 is 45.7 Å². The zero-order valence-corrected chi connectivity index (χ0v) is 52.1. The Hall–Kier alpha value is -2.72. The number of thiophene rings is 3. The summed E-state index contributed by atoms with van der Waals surface area (Å²) in [5, 5.41) is 0. The van der Waals surface area contributed by atoms with E-state index in [1.54, 1.807) is 43.6 Å². The number of imide groups is 1. The first-order valence-electron chi connectivity index (χ1n) is 31.0. The molecule has 2 amide bonds. The number of hydrogen-bond acceptors (Lipinski definition) is 8. The summed E-state index contributed by atoms with van der Waals surface area (Å²) in [6.45, 7) is 21.4. The van der Waals surface area contributed by atoms with E-state index in [-0.39, 0.29) is 22.6 Å². The predicted molar refractivity (Wildman–Crippen MR) is 332 cm³/mol. The standard InChI is InChI=1S/C66H101N3O2S4/c1-10-15-18-21-24-27-30-33-36-39-42-49-50(43-40-37-34-31-28-25-22-19-16-11-2)62(66(8,9)14-5)74-61(49)53-45-44-51(72-53)55-57-58(64(71)69(63(57)70)48-41-38-35-32-29-26-23-20-17-12-3)56(60-59(55)67-75-68-60)52-46-47-54(73-52)65(6,7)13-4/h44-47H,10-43,48H2,1-9H3. The number of hydrogen-bond donors (Lipinski definition) is 0. The summed E-state index contributed by atoms with van der Waals surface area (Å²) in [5.74, 6) is -0.333. The molecule has 0 spiro atoms. The Labute approximate surface area is 473 Å². The third kappa shape index (κ3) is 16.7. The third-order valence-electron chi connectivity index (χ3n) is 17.0. The summed E-state index contributed by atoms with van der Waals surface area (Å²) < 4.78 is 10.0. The number of benzene rings is 1. The second-order valence-corrected chi connectivity index (χ2v) is 27.5. The Morgan fingerprint density at radius 1 is 0.413 bits per heavy atom. The first-order chi connectivity index (χ1) is 36.4. The van der Waals surface area contributed by atoms with Gasteiger partial charge in [0, 0.05) is 46.9 Å². The van der Waals surface area contributed by atoms with Crippen LogP contribution in [0.25, 0.3) is 41.7 Å². The lowest BCUT2D eigenvalue weighted by molar-refractivity contribution is 0.0652. The van der Waals surface area contributed by atoms with Gasteiger partial charge in [0.25, 0.3) is 11.8 Å². The van der Waals surface area contributed by atoms with Gasteiger partial charge in [0.05, 0.1) is 22.9 Å². The summed E-state index contributed by atoms with van der Waals surface area (Å²) in [7, 11) is 0. The van der Waals surface area contributed by atoms with Crippen LogP contribution in [-0.4, -0.2) is 32.0 Å². The molecule has 0 unspecified atom stereocenters. The van der Waals surface area contributed by atoms with E-state index in [9.17, 15) is 0 Å². The summed E-state index contributed by atoms with van der Waals surface area (Å²) in [6.07, 6.45) is 43.3. The van der Waals surface area contributed by atoms with Gasteiger partial charge in [0.1, 0.15) is 11.0 Å². The minimum atomic E-state index is -0.168. The number of carbonyl (C=O) groups excluding carboxylic acids is 2. The van der Waals surface area contributed by atoms with Crippen LogP contribution < -0.4 is 0 Å². The lowest BCUT2D eigenvalue weighted by atomic mass is 9.83. The van der Waals surface area contributed by atoms with E-state index < -0.39 is 0 Å². The molecule has 0 saturated heterocycles. The fourth-order valence-electron chi connectivity index (χ4n) is 11.4. The van der Waals surface area contributed by atoms with E-state index in [0.29, 0.717) is 17.7 Å². The van der Waals surface area contributed by atoms with Gasteiger partial charge in [0.2, 0.25) is 0 Å². The molecule has 1 aromatic carbocycles. The second-order valence-electron chi connectivity index (χ2n) is 23.8. The molecule has 0 radical (unpaired) electrons. The van der Waals surface area contributed by atoms with Gasteiger partial charge >= 0.3 is 0 Å². The molecule has 75 heavy (non-hydrogen) atoms. The zero-order valence-electron chi connectivity index (χ0n) is 48.8. The quantitative estimate of drug-likeness (QED) is 0.0290. The highest BCUT2D eigenvalue weighted by Gasteiger charge is 2.43. The van der Waals surface area contributed by atoms with Gasteiger partial charge in [-0.1, -0.05) is 236 Å². The van der Waals surface area contributed by atoms with Crippen LogP contribution in [0.3, 0.4) is 0 Å². The minimum absolute atomic E-state index is 0.00623. The number of nitrogens with zero attached hydrogens (tertiary/aromatic N) is 3. The Morgan fingerprint density at radius 2 is 0.800 bits per heavy atom. The number of fused-ring (bicyclic) bond motifs is 2. The molecule has 0 atom stereocenters. The maximum atomic E-state index is 15.2. The highest BCUT2D eigenvalue weighted by molar-refractivity contribution is 7.24. The third-order valence-corrected chi connectivity index (χ3v) is 21.9. The smallest absolute Gasteiger partial charge is 0.262 e.